The third kappa shape index (κ3) is 27.5. The summed E-state index contributed by atoms with van der Waals surface area (Å²) in [6, 6.07) is 0.360. The van der Waals surface area contributed by atoms with E-state index in [9.17, 15) is 5.11 Å². The number of hydrogen-bond donors (Lipinski definition) is 1. The van der Waals surface area contributed by atoms with Crippen LogP contribution in [0.4, 0.5) is 0 Å². The molecule has 0 amide bonds. The number of ether oxygens (including phenoxy) is 4. The van der Waals surface area contributed by atoms with Crippen LogP contribution in [0.1, 0.15) is 7.43 Å². The molecule has 12 nitrogen and oxygen atoms in total. The first-order valence-electron chi connectivity index (χ1n) is 20.4. The summed E-state index contributed by atoms with van der Waals surface area (Å²) in [6.07, 6.45) is -1.77. The van der Waals surface area contributed by atoms with Crippen molar-refractivity contribution in [2.45, 2.75) is 55.9 Å². The summed E-state index contributed by atoms with van der Waals surface area (Å²) in [4.78, 5) is 4.59. The quantitative estimate of drug-likeness (QED) is 0.169. The maximum Gasteiger partial charge on any atom is -0.0626 e. The van der Waals surface area contributed by atoms with Crippen LogP contribution in [0.5, 0.6) is 0 Å². The molecule has 0 aromatic carbocycles. The van der Waals surface area contributed by atoms with Crippen molar-refractivity contribution in [2.24, 2.45) is 0 Å². The van der Waals surface area contributed by atoms with Crippen molar-refractivity contribution in [1.82, 2.24) is 19.1 Å². The molecule has 0 spiro atoms. The van der Waals surface area contributed by atoms with Crippen LogP contribution in [0.3, 0.4) is 0 Å². The number of nitrogens with zero attached hydrogens (tertiary/aromatic N) is 4. The van der Waals surface area contributed by atoms with Gasteiger partial charge in [-0.05, 0) is 0 Å². The monoisotopic (exact) mass is 1840 g/mol. The van der Waals surface area contributed by atoms with Crippen LogP contribution < -0.4 is 0 Å². The number of aliphatic hydroxyl groups excluding tert-OH is 1. The van der Waals surface area contributed by atoms with Gasteiger partial charge in [0.1, 0.15) is 0 Å². The molecule has 4 aliphatic rings. The molecule has 4 rings (SSSR count). The van der Waals surface area contributed by atoms with Crippen LogP contribution in [0, 0.1) is 0 Å². The molecule has 4 heterocycles. The minimum Gasteiger partial charge on any atom is -0.0626 e. The van der Waals surface area contributed by atoms with Gasteiger partial charge in [-0.1, -0.05) is 15.8 Å². The molecule has 4 saturated heterocycles. The molecule has 0 aromatic heterocycles. The molecule has 0 saturated carbocycles. The van der Waals surface area contributed by atoms with Crippen molar-refractivity contribution < 1.29 is 132 Å². The first-order chi connectivity index (χ1) is 28.4. The van der Waals surface area contributed by atoms with Crippen molar-refractivity contribution in [3.8, 4) is 0 Å². The molecule has 0 aromatic rings. The Morgan fingerprint density at radius 2 is 1.10 bits per heavy atom. The number of likely N-dealkylation sites (N-methyl/N-ethyl adjacent to an activating group) is 2. The molecule has 58 heavy (non-hydrogen) atoms. The molecular weight excluding hydrogens is 1760 g/mol. The van der Waals surface area contributed by atoms with Gasteiger partial charge < -0.3 is 0 Å². The summed E-state index contributed by atoms with van der Waals surface area (Å²) in [5.41, 5.74) is -1.94. The van der Waals surface area contributed by atoms with E-state index < -0.39 is 29.1 Å². The predicted molar refractivity (Wildman–Crippen MR) is 264 cm³/mol. The third-order valence-corrected chi connectivity index (χ3v) is 23.2. The van der Waals surface area contributed by atoms with Gasteiger partial charge >= 0.3 is 420 Å². The fourth-order valence-electron chi connectivity index (χ4n) is 6.02. The molecule has 4 fully saturated rings. The van der Waals surface area contributed by atoms with Gasteiger partial charge in [-0.3, -0.25) is 0 Å². The number of hydrogen-bond acceptors (Lipinski definition) is 12. The van der Waals surface area contributed by atoms with E-state index in [0.717, 1.165) is 90.0 Å². The molecule has 0 bridgehead atoms. The normalized spacial score (nSPS) is 33.4. The zero-order valence-electron chi connectivity index (χ0n) is 39.1. The van der Waals surface area contributed by atoms with Crippen LogP contribution in [0.2, 0.25) is 0 Å². The van der Waals surface area contributed by atoms with Crippen molar-refractivity contribution in [1.29, 1.82) is 7.67 Å². The molecule has 15 unspecified atom stereocenters. The van der Waals surface area contributed by atoms with E-state index in [2.05, 4.69) is 83.0 Å². The van der Waals surface area contributed by atoms with Crippen molar-refractivity contribution >= 4 is 102 Å². The Bertz CT molecular complexity index is 1540. The van der Waals surface area contributed by atoms with Gasteiger partial charge in [0.05, 0.1) is 0 Å². The fourth-order valence-corrected chi connectivity index (χ4v) is 15.2. The Morgan fingerprint density at radius 3 is 1.43 bits per heavy atom. The summed E-state index contributed by atoms with van der Waals surface area (Å²) in [5, 5.41) is 6.15. The van der Waals surface area contributed by atoms with Crippen LogP contribution in [-0.2, 0) is 127 Å². The van der Waals surface area contributed by atoms with E-state index >= 15 is 0 Å². The maximum absolute atomic E-state index is 9.48. The van der Waals surface area contributed by atoms with E-state index in [4.69, 9.17) is 40.2 Å². The summed E-state index contributed by atoms with van der Waals surface area (Å²) < 4.78 is 88.5. The van der Waals surface area contributed by atoms with Gasteiger partial charge in [-0.2, -0.15) is 0 Å². The van der Waals surface area contributed by atoms with Crippen LogP contribution in [0.25, 0.3) is 0 Å². The molecule has 15 atom stereocenters. The maximum atomic E-state index is 9.48. The van der Waals surface area contributed by atoms with Crippen LogP contribution in [0.15, 0.2) is 0 Å². The molecule has 340 valence electrons. The third-order valence-electron chi connectivity index (χ3n) is 8.62. The Labute approximate surface area is 431 Å². The Morgan fingerprint density at radius 1 is 0.793 bits per heavy atom. The summed E-state index contributed by atoms with van der Waals surface area (Å²) in [5.74, 6) is 0. The topological polar surface area (TPSA) is 97.8 Å². The molecule has 0 aliphatic carbocycles. The average Bonchev–Trinajstić information content (AvgIpc) is 3.16. The first kappa shape index (κ1) is 56.1. The van der Waals surface area contributed by atoms with E-state index in [-0.39, 0.29) is 70.9 Å². The van der Waals surface area contributed by atoms with E-state index in [1.807, 2.05) is 34.7 Å². The number of rotatable bonds is 16. The standard InChI is InChI=1S/C13H30B2N2O4P4.C12H27B2N2O4P3.CH5P.CH4.BH4.H3P.5W/c1-16-4-10(20-12(6-16)14-22)9-19-25(3)17-5-11(8-18-24-2)21-13(7-17)15-23;1-15-3-10(20-11(5-15)13-21)8-18-23(2)16-4-9(7-17)19-12(6-16)14-22;1-2;;;;;;;;/h10-13,24H,4-9,22-23H2,1-3H3;9-12,17H,3-8,21-22H2,1-2H3;2H2,1H3;2*1H4;1H3;;;;;/q;;;;-1;;;;;;/i24D;;2D2;;;1D3;;;;;. The molecule has 31 heteroatoms. The molecule has 4 radical (unpaired) electrons. The summed E-state index contributed by atoms with van der Waals surface area (Å²) >= 11 is 6.02. The second-order valence-electron chi connectivity index (χ2n) is 13.4. The first-order valence-corrected chi connectivity index (χ1v) is 47.4. The number of morpholine rings is 4. The van der Waals surface area contributed by atoms with Crippen LogP contribution in [-0.4, -0.2) is 236 Å². The van der Waals surface area contributed by atoms with E-state index in [1.54, 1.807) is 6.66 Å². The van der Waals surface area contributed by atoms with E-state index in [1.165, 1.54) is 56.4 Å². The smallest absolute Gasteiger partial charge is 0.0626 e. The van der Waals surface area contributed by atoms with Gasteiger partial charge in [-0.15, -0.1) is 0 Å². The zero-order valence-corrected chi connectivity index (χ0v) is 56.9. The second kappa shape index (κ2) is 37.9. The Kier molecular flexibility index (Phi) is 36.7. The van der Waals surface area contributed by atoms with Crippen molar-refractivity contribution in [3.05, 3.63) is 0 Å². The largest absolute Gasteiger partial charge is 0.0626 e. The second-order valence-corrected chi connectivity index (χ2v) is 45.4. The Balaban J connectivity index is 0. The summed E-state index contributed by atoms with van der Waals surface area (Å²) in [6.45, 7) is 22.2. The van der Waals surface area contributed by atoms with Crippen LogP contribution >= 0.6 is 65.6 Å². The number of aliphatic hydroxyl groups is 1. The molecule has 1 N–H and O–H groups in total. The zero-order chi connectivity index (χ0) is 47.7. The molecule has 4 aliphatic heterocycles. The predicted octanol–water partition coefficient (Wildman–Crippen LogP) is 0.187. The summed E-state index contributed by atoms with van der Waals surface area (Å²) in [7, 11) is 14.8. The average molecular weight is 1840 g/mol. The fraction of sp³-hybridized carbons (Fsp3) is 1.00. The van der Waals surface area contributed by atoms with Gasteiger partial charge in [0.15, 0.2) is 0 Å². The Hall–Kier alpha value is 7.16. The van der Waals surface area contributed by atoms with Gasteiger partial charge in [0, 0.05) is 0 Å². The van der Waals surface area contributed by atoms with Gasteiger partial charge in [0.2, 0.25) is 0 Å². The molecular formula is C27H73B5N4O8P9W5-. The van der Waals surface area contributed by atoms with Gasteiger partial charge in [0.25, 0.3) is 0 Å². The van der Waals surface area contributed by atoms with Crippen molar-refractivity contribution in [3.63, 3.8) is 0 Å². The SMILES string of the molecule is C.CN1CC([B]P)OC(CO[P](C)(=[W])N2CC([B]P)OC(CO)C2)C1.[2H][P](C)(=[W])OCC1CN([P](C)(=[W])OCC2CN(C)CC([B]P)O2)CC([B]P)O1.[2H][P]([2H])(C)=[W].[2H][P]([2H])([2H])=[W].[BH4-]. The van der Waals surface area contributed by atoms with Crippen molar-refractivity contribution in [2.75, 3.05) is 120 Å². The minimum atomic E-state index is -2.56. The minimum absolute atomic E-state index is 0. The van der Waals surface area contributed by atoms with E-state index in [0.29, 0.717) is 19.8 Å². The van der Waals surface area contributed by atoms with Gasteiger partial charge in [-0.25, -0.2) is 0 Å².